The molecular formula is C33H24N2O4. The molecular weight excluding hydrogens is 488 g/mol. The number of carbonyl (C=O) groups excluding carboxylic acids is 3. The van der Waals surface area contributed by atoms with Crippen molar-refractivity contribution in [1.29, 1.82) is 0 Å². The van der Waals surface area contributed by atoms with Crippen LogP contribution in [-0.2, 0) is 0 Å². The molecule has 1 unspecified atom stereocenters. The minimum atomic E-state index is -1.58. The van der Waals surface area contributed by atoms with E-state index < -0.39 is 23.4 Å². The molecule has 1 aliphatic carbocycles. The Morgan fingerprint density at radius 1 is 0.795 bits per heavy atom. The van der Waals surface area contributed by atoms with Gasteiger partial charge in [-0.2, -0.15) is 5.10 Å². The van der Waals surface area contributed by atoms with Crippen LogP contribution in [0.1, 0.15) is 59.7 Å². The van der Waals surface area contributed by atoms with E-state index in [1.807, 2.05) is 54.6 Å². The Balaban J connectivity index is 1.55. The molecule has 0 bridgehead atoms. The van der Waals surface area contributed by atoms with Gasteiger partial charge in [0.05, 0.1) is 19.4 Å². The fraction of sp³-hybridized carbons (Fsp3) is 0.152. The quantitative estimate of drug-likeness (QED) is 0.267. The maximum atomic E-state index is 14.7. The number of benzene rings is 4. The number of methoxy groups -OCH3 is 1. The summed E-state index contributed by atoms with van der Waals surface area (Å²) in [5, 5.41) is 6.50. The van der Waals surface area contributed by atoms with Crippen LogP contribution < -0.4 is 4.74 Å². The molecule has 2 aliphatic heterocycles. The van der Waals surface area contributed by atoms with Gasteiger partial charge in [0, 0.05) is 22.6 Å². The van der Waals surface area contributed by atoms with Crippen molar-refractivity contribution in [3.05, 3.63) is 137 Å². The minimum absolute atomic E-state index is 0.189. The summed E-state index contributed by atoms with van der Waals surface area (Å²) in [6.45, 7) is 0. The molecule has 6 nitrogen and oxygen atoms in total. The van der Waals surface area contributed by atoms with Crippen LogP contribution in [0.2, 0.25) is 0 Å². The Hall–Kier alpha value is -4.84. The highest BCUT2D eigenvalue weighted by molar-refractivity contribution is 6.31. The van der Waals surface area contributed by atoms with Crippen molar-refractivity contribution in [3.63, 3.8) is 0 Å². The lowest BCUT2D eigenvalue weighted by molar-refractivity contribution is 0.0586. The third-order valence-corrected chi connectivity index (χ3v) is 8.38. The van der Waals surface area contributed by atoms with E-state index in [0.29, 0.717) is 28.0 Å². The number of ketones is 3. The molecule has 4 aromatic rings. The number of carbonyl (C=O) groups is 3. The first-order valence-electron chi connectivity index (χ1n) is 12.9. The van der Waals surface area contributed by atoms with Crippen molar-refractivity contribution < 1.29 is 19.1 Å². The van der Waals surface area contributed by atoms with Gasteiger partial charge in [0.15, 0.2) is 17.3 Å². The molecule has 6 heteroatoms. The van der Waals surface area contributed by atoms with E-state index in [9.17, 15) is 14.4 Å². The van der Waals surface area contributed by atoms with Gasteiger partial charge in [-0.1, -0.05) is 91.0 Å². The molecule has 0 saturated carbocycles. The summed E-state index contributed by atoms with van der Waals surface area (Å²) in [5.41, 5.74) is 2.05. The monoisotopic (exact) mass is 512 g/mol. The molecule has 0 N–H and O–H groups in total. The fourth-order valence-corrected chi connectivity index (χ4v) is 6.73. The summed E-state index contributed by atoms with van der Waals surface area (Å²) in [5.74, 6) is -0.878. The molecule has 7 rings (SSSR count). The highest BCUT2D eigenvalue weighted by Gasteiger charge is 2.72. The average molecular weight is 513 g/mol. The van der Waals surface area contributed by atoms with E-state index in [0.717, 1.165) is 11.1 Å². The molecule has 0 aromatic heterocycles. The lowest BCUT2D eigenvalue weighted by atomic mass is 9.63. The van der Waals surface area contributed by atoms with Crippen molar-refractivity contribution in [2.45, 2.75) is 18.0 Å². The topological polar surface area (TPSA) is 76.0 Å². The van der Waals surface area contributed by atoms with Crippen molar-refractivity contribution >= 4 is 23.6 Å². The lowest BCUT2D eigenvalue weighted by Gasteiger charge is -2.36. The number of hydrogen-bond acceptors (Lipinski definition) is 6. The van der Waals surface area contributed by atoms with Crippen LogP contribution in [0.3, 0.4) is 0 Å². The van der Waals surface area contributed by atoms with Gasteiger partial charge in [-0.3, -0.25) is 19.4 Å². The van der Waals surface area contributed by atoms with Gasteiger partial charge >= 0.3 is 0 Å². The van der Waals surface area contributed by atoms with Gasteiger partial charge in [0.25, 0.3) is 0 Å². The van der Waals surface area contributed by atoms with E-state index in [4.69, 9.17) is 9.84 Å². The van der Waals surface area contributed by atoms with Crippen LogP contribution in [-0.4, -0.2) is 41.7 Å². The molecule has 1 fully saturated rings. The molecule has 39 heavy (non-hydrogen) atoms. The smallest absolute Gasteiger partial charge is 0.187 e. The molecule has 1 saturated heterocycles. The van der Waals surface area contributed by atoms with Gasteiger partial charge in [-0.15, -0.1) is 0 Å². The second-order valence-corrected chi connectivity index (χ2v) is 10.2. The van der Waals surface area contributed by atoms with Crippen LogP contribution in [0.15, 0.2) is 108 Å². The second-order valence-electron chi connectivity index (χ2n) is 10.2. The van der Waals surface area contributed by atoms with Crippen molar-refractivity contribution in [1.82, 2.24) is 5.01 Å². The number of hydrazone groups is 1. The molecule has 0 radical (unpaired) electrons. The molecule has 3 atom stereocenters. The number of rotatable bonds is 4. The Morgan fingerprint density at radius 2 is 1.41 bits per heavy atom. The fourth-order valence-electron chi connectivity index (χ4n) is 6.73. The maximum absolute atomic E-state index is 14.7. The van der Waals surface area contributed by atoms with Crippen LogP contribution in [0, 0.1) is 5.41 Å². The standard InChI is InChI=1S/C33H24N2O4/c1-39-23-17-15-20(16-18-23)27-28(29(36)21-9-3-2-4-10-21)35-30(24-12-6-5-11-22(24)19-34-35)33(27)31(37)25-13-7-8-14-26(25)32(33)38/h2-19,27-28,30H,1H3/t27-,28+,30?/m1/s1. The van der Waals surface area contributed by atoms with Crippen molar-refractivity contribution in [3.8, 4) is 5.75 Å². The van der Waals surface area contributed by atoms with E-state index in [2.05, 4.69) is 0 Å². The summed E-state index contributed by atoms with van der Waals surface area (Å²) >= 11 is 0. The zero-order valence-corrected chi connectivity index (χ0v) is 21.2. The van der Waals surface area contributed by atoms with Gasteiger partial charge in [-0.05, 0) is 28.8 Å². The molecule has 3 aliphatic rings. The summed E-state index contributed by atoms with van der Waals surface area (Å²) in [6, 6.07) is 29.3. The van der Waals surface area contributed by atoms with E-state index in [1.54, 1.807) is 66.9 Å². The van der Waals surface area contributed by atoms with Gasteiger partial charge in [-0.25, -0.2) is 0 Å². The first kappa shape index (κ1) is 23.3. The maximum Gasteiger partial charge on any atom is 0.187 e. The van der Waals surface area contributed by atoms with Gasteiger partial charge < -0.3 is 4.74 Å². The molecule has 2 heterocycles. The third-order valence-electron chi connectivity index (χ3n) is 8.38. The molecule has 1 spiro atoms. The Morgan fingerprint density at radius 3 is 2.08 bits per heavy atom. The number of ether oxygens (including phenoxy) is 1. The number of hydrogen-bond donors (Lipinski definition) is 0. The first-order valence-corrected chi connectivity index (χ1v) is 12.9. The van der Waals surface area contributed by atoms with E-state index in [1.165, 1.54) is 0 Å². The predicted molar refractivity (Wildman–Crippen MR) is 146 cm³/mol. The average Bonchev–Trinajstić information content (AvgIpc) is 3.43. The van der Waals surface area contributed by atoms with Gasteiger partial charge in [0.2, 0.25) is 0 Å². The Labute approximate surface area is 225 Å². The van der Waals surface area contributed by atoms with Crippen LogP contribution in [0.5, 0.6) is 5.75 Å². The van der Waals surface area contributed by atoms with Crippen LogP contribution in [0.25, 0.3) is 0 Å². The largest absolute Gasteiger partial charge is 0.497 e. The minimum Gasteiger partial charge on any atom is -0.497 e. The summed E-state index contributed by atoms with van der Waals surface area (Å²) in [7, 11) is 1.58. The first-order chi connectivity index (χ1) is 19.1. The van der Waals surface area contributed by atoms with Crippen molar-refractivity contribution in [2.75, 3.05) is 7.11 Å². The van der Waals surface area contributed by atoms with E-state index >= 15 is 0 Å². The number of fused-ring (bicyclic) bond motifs is 5. The molecule has 0 amide bonds. The Bertz CT molecular complexity index is 1640. The van der Waals surface area contributed by atoms with Crippen LogP contribution in [0.4, 0.5) is 0 Å². The van der Waals surface area contributed by atoms with E-state index in [-0.39, 0.29) is 17.3 Å². The highest BCUT2D eigenvalue weighted by atomic mass is 16.5. The van der Waals surface area contributed by atoms with Crippen LogP contribution >= 0.6 is 0 Å². The second kappa shape index (κ2) is 8.60. The number of nitrogens with zero attached hydrogens (tertiary/aromatic N) is 2. The zero-order valence-electron chi connectivity index (χ0n) is 21.2. The lowest BCUT2D eigenvalue weighted by Crippen LogP contribution is -2.43. The van der Waals surface area contributed by atoms with Crippen molar-refractivity contribution in [2.24, 2.45) is 10.5 Å². The van der Waals surface area contributed by atoms with Gasteiger partial charge in [0.1, 0.15) is 17.2 Å². The SMILES string of the molecule is COc1ccc([C@@H]2[C@@H](C(=O)c3ccccc3)N3N=Cc4ccccc4C3C23C(=O)c2ccccc2C3=O)cc1. The zero-order chi connectivity index (χ0) is 26.7. The normalized spacial score (nSPS) is 22.0. The number of Topliss-reactive ketones (excluding diaryl/α,β-unsaturated/α-hetero) is 3. The summed E-state index contributed by atoms with van der Waals surface area (Å²) in [6.07, 6.45) is 1.72. The summed E-state index contributed by atoms with van der Waals surface area (Å²) < 4.78 is 5.39. The predicted octanol–water partition coefficient (Wildman–Crippen LogP) is 5.50. The summed E-state index contributed by atoms with van der Waals surface area (Å²) in [4.78, 5) is 43.7. The molecule has 4 aromatic carbocycles. The third kappa shape index (κ3) is 3.08. The highest BCUT2D eigenvalue weighted by Crippen LogP contribution is 2.64. The molecule has 190 valence electrons. The Kier molecular flexibility index (Phi) is 5.13.